The van der Waals surface area contributed by atoms with Gasteiger partial charge in [0.05, 0.1) is 0 Å². The lowest BCUT2D eigenvalue weighted by Crippen LogP contribution is -2.49. The molecule has 4 atom stereocenters. The minimum Gasteiger partial charge on any atom is -0.314 e. The van der Waals surface area contributed by atoms with E-state index in [2.05, 4.69) is 31.0 Å². The van der Waals surface area contributed by atoms with Crippen LogP contribution in [-0.2, 0) is 0 Å². The molecule has 3 aliphatic rings. The molecule has 3 fully saturated rings. The molecule has 0 amide bonds. The summed E-state index contributed by atoms with van der Waals surface area (Å²) in [6.07, 6.45) is 9.96. The van der Waals surface area contributed by atoms with E-state index in [1.807, 2.05) is 0 Å². The first-order chi connectivity index (χ1) is 9.57. The summed E-state index contributed by atoms with van der Waals surface area (Å²) in [7, 11) is 0. The Morgan fingerprint density at radius 3 is 2.70 bits per heavy atom. The van der Waals surface area contributed by atoms with E-state index >= 15 is 0 Å². The number of nitrogens with zero attached hydrogens (tertiary/aromatic N) is 1. The number of fused-ring (bicyclic) bond motifs is 2. The molecule has 116 valence electrons. The minimum atomic E-state index is 0.563. The first kappa shape index (κ1) is 14.8. The van der Waals surface area contributed by atoms with Gasteiger partial charge in [0, 0.05) is 25.2 Å². The molecule has 1 heterocycles. The topological polar surface area (TPSA) is 15.3 Å². The lowest BCUT2D eigenvalue weighted by atomic mass is 9.69. The van der Waals surface area contributed by atoms with Crippen molar-refractivity contribution in [3.8, 4) is 0 Å². The quantitative estimate of drug-likeness (QED) is 0.825. The van der Waals surface area contributed by atoms with Gasteiger partial charge in [-0.1, -0.05) is 20.8 Å². The summed E-state index contributed by atoms with van der Waals surface area (Å²) in [4.78, 5) is 2.85. The molecule has 20 heavy (non-hydrogen) atoms. The maximum atomic E-state index is 3.85. The number of nitrogens with one attached hydrogen (secondary N) is 1. The number of hydrogen-bond acceptors (Lipinski definition) is 2. The van der Waals surface area contributed by atoms with Gasteiger partial charge in [-0.15, -0.1) is 0 Å². The molecule has 0 aromatic heterocycles. The van der Waals surface area contributed by atoms with Crippen LogP contribution < -0.4 is 5.32 Å². The van der Waals surface area contributed by atoms with Crippen molar-refractivity contribution in [1.29, 1.82) is 0 Å². The monoisotopic (exact) mass is 278 g/mol. The zero-order valence-electron chi connectivity index (χ0n) is 13.8. The van der Waals surface area contributed by atoms with Crippen LogP contribution in [-0.4, -0.2) is 36.6 Å². The Morgan fingerprint density at radius 1 is 1.20 bits per heavy atom. The third kappa shape index (κ3) is 3.22. The second-order valence-corrected chi connectivity index (χ2v) is 8.51. The van der Waals surface area contributed by atoms with Crippen LogP contribution in [0.25, 0.3) is 0 Å². The molecule has 0 aromatic carbocycles. The highest BCUT2D eigenvalue weighted by Gasteiger charge is 2.41. The Morgan fingerprint density at radius 2 is 2.05 bits per heavy atom. The van der Waals surface area contributed by atoms with Gasteiger partial charge < -0.3 is 5.32 Å². The van der Waals surface area contributed by atoms with Crippen molar-refractivity contribution in [2.24, 2.45) is 17.3 Å². The van der Waals surface area contributed by atoms with Gasteiger partial charge in [0.25, 0.3) is 0 Å². The maximum absolute atomic E-state index is 3.85. The molecule has 1 aliphatic heterocycles. The molecular weight excluding hydrogens is 244 g/mol. The van der Waals surface area contributed by atoms with Gasteiger partial charge in [0.1, 0.15) is 0 Å². The number of hydrogen-bond donors (Lipinski definition) is 1. The van der Waals surface area contributed by atoms with Crippen molar-refractivity contribution < 1.29 is 0 Å². The fourth-order valence-corrected chi connectivity index (χ4v) is 5.08. The van der Waals surface area contributed by atoms with E-state index in [0.717, 1.165) is 23.9 Å². The van der Waals surface area contributed by atoms with Gasteiger partial charge in [-0.3, -0.25) is 4.90 Å². The lowest BCUT2D eigenvalue weighted by molar-refractivity contribution is 0.0870. The predicted molar refractivity (Wildman–Crippen MR) is 85.9 cm³/mol. The molecular formula is C18H34N2. The van der Waals surface area contributed by atoms with Crippen molar-refractivity contribution in [3.63, 3.8) is 0 Å². The smallest absolute Gasteiger partial charge is 0.0108 e. The normalized spacial score (nSPS) is 40.4. The van der Waals surface area contributed by atoms with Gasteiger partial charge >= 0.3 is 0 Å². The lowest BCUT2D eigenvalue weighted by Gasteiger charge is -2.44. The molecule has 0 aromatic rings. The summed E-state index contributed by atoms with van der Waals surface area (Å²) in [5.41, 5.74) is 0.563. The Hall–Kier alpha value is -0.0800. The van der Waals surface area contributed by atoms with E-state index in [0.29, 0.717) is 5.41 Å². The highest BCUT2D eigenvalue weighted by molar-refractivity contribution is 4.96. The third-order valence-electron chi connectivity index (χ3n) is 6.16. The molecule has 2 saturated carbocycles. The van der Waals surface area contributed by atoms with Crippen molar-refractivity contribution in [3.05, 3.63) is 0 Å². The summed E-state index contributed by atoms with van der Waals surface area (Å²) < 4.78 is 0. The summed E-state index contributed by atoms with van der Waals surface area (Å²) in [5.74, 6) is 1.92. The Balaban J connectivity index is 1.60. The van der Waals surface area contributed by atoms with Crippen LogP contribution in [0.2, 0.25) is 0 Å². The average molecular weight is 278 g/mol. The van der Waals surface area contributed by atoms with Crippen molar-refractivity contribution in [1.82, 2.24) is 10.2 Å². The first-order valence-electron chi connectivity index (χ1n) is 9.05. The summed E-state index contributed by atoms with van der Waals surface area (Å²) in [6, 6.07) is 1.72. The number of likely N-dealkylation sites (tertiary alicyclic amines) is 1. The van der Waals surface area contributed by atoms with E-state index in [1.54, 1.807) is 0 Å². The SMILES string of the molecule is CCCNC1CCC(C)(C)CC1CN1CC2CCC1C2. The Labute approximate surface area is 125 Å². The van der Waals surface area contributed by atoms with Crippen LogP contribution in [0.1, 0.15) is 65.7 Å². The van der Waals surface area contributed by atoms with Crippen molar-refractivity contribution in [2.45, 2.75) is 77.8 Å². The Bertz CT molecular complexity index is 325. The maximum Gasteiger partial charge on any atom is 0.0108 e. The molecule has 2 heteroatoms. The second kappa shape index (κ2) is 5.96. The molecule has 1 saturated heterocycles. The molecule has 2 nitrogen and oxygen atoms in total. The fourth-order valence-electron chi connectivity index (χ4n) is 5.08. The van der Waals surface area contributed by atoms with E-state index in [4.69, 9.17) is 0 Å². The number of piperidine rings is 1. The first-order valence-corrected chi connectivity index (χ1v) is 9.05. The molecule has 0 spiro atoms. The summed E-state index contributed by atoms with van der Waals surface area (Å²) >= 11 is 0. The van der Waals surface area contributed by atoms with Gasteiger partial charge in [-0.2, -0.15) is 0 Å². The van der Waals surface area contributed by atoms with Crippen LogP contribution in [0.15, 0.2) is 0 Å². The highest BCUT2D eigenvalue weighted by Crippen LogP contribution is 2.42. The molecule has 4 unspecified atom stereocenters. The molecule has 2 bridgehead atoms. The van der Waals surface area contributed by atoms with Crippen LogP contribution in [0.5, 0.6) is 0 Å². The number of rotatable bonds is 5. The van der Waals surface area contributed by atoms with Crippen LogP contribution in [0.3, 0.4) is 0 Å². The van der Waals surface area contributed by atoms with Gasteiger partial charge in [-0.05, 0) is 68.7 Å². The van der Waals surface area contributed by atoms with Gasteiger partial charge in [-0.25, -0.2) is 0 Å². The fraction of sp³-hybridized carbons (Fsp3) is 1.00. The van der Waals surface area contributed by atoms with Crippen LogP contribution in [0, 0.1) is 17.3 Å². The second-order valence-electron chi connectivity index (χ2n) is 8.51. The molecule has 0 radical (unpaired) electrons. The predicted octanol–water partition coefficient (Wildman–Crippen LogP) is 3.67. The molecule has 3 rings (SSSR count). The molecule has 1 N–H and O–H groups in total. The average Bonchev–Trinajstić information content (AvgIpc) is 2.99. The molecule has 2 aliphatic carbocycles. The zero-order valence-corrected chi connectivity index (χ0v) is 13.8. The highest BCUT2D eigenvalue weighted by atomic mass is 15.2. The third-order valence-corrected chi connectivity index (χ3v) is 6.16. The van der Waals surface area contributed by atoms with Crippen LogP contribution in [0.4, 0.5) is 0 Å². The van der Waals surface area contributed by atoms with Gasteiger partial charge in [0.15, 0.2) is 0 Å². The van der Waals surface area contributed by atoms with E-state index in [-0.39, 0.29) is 0 Å². The summed E-state index contributed by atoms with van der Waals surface area (Å²) in [5, 5.41) is 3.85. The van der Waals surface area contributed by atoms with Crippen molar-refractivity contribution in [2.75, 3.05) is 19.6 Å². The van der Waals surface area contributed by atoms with E-state index in [1.165, 1.54) is 64.6 Å². The van der Waals surface area contributed by atoms with Crippen molar-refractivity contribution >= 4 is 0 Å². The largest absolute Gasteiger partial charge is 0.314 e. The Kier molecular flexibility index (Phi) is 4.42. The van der Waals surface area contributed by atoms with E-state index in [9.17, 15) is 0 Å². The summed E-state index contributed by atoms with van der Waals surface area (Å²) in [6.45, 7) is 11.2. The minimum absolute atomic E-state index is 0.563. The zero-order chi connectivity index (χ0) is 14.2. The van der Waals surface area contributed by atoms with Crippen LogP contribution >= 0.6 is 0 Å². The van der Waals surface area contributed by atoms with Gasteiger partial charge in [0.2, 0.25) is 0 Å². The standard InChI is InChI=1S/C18H34N2/c1-4-9-19-17-7-8-18(2,3)11-15(17)13-20-12-14-5-6-16(20)10-14/h14-17,19H,4-13H2,1-3H3. The van der Waals surface area contributed by atoms with E-state index < -0.39 is 0 Å².